The molecule has 0 spiro atoms. The third-order valence-electron chi connectivity index (χ3n) is 5.19. The lowest BCUT2D eigenvalue weighted by Gasteiger charge is -2.30. The standard InChI is InChI=1S/C20H29N5O3.HI/c1-2-21-20(22-13-14-5-3-8-18(11-14)25(27)28)24-17-7-4-6-15(12-17)19(26)23-16-9-10-16;/h3,5,8,11,15-17H,2,4,6-7,9-10,12-13H2,1H3,(H,23,26)(H2,21,22,24);1H. The van der Waals surface area contributed by atoms with Crippen LogP contribution in [0.1, 0.15) is 51.0 Å². The van der Waals surface area contributed by atoms with E-state index in [0.717, 1.165) is 50.6 Å². The molecule has 1 amide bonds. The fraction of sp³-hybridized carbons (Fsp3) is 0.600. The number of rotatable bonds is 7. The van der Waals surface area contributed by atoms with E-state index in [1.807, 2.05) is 13.0 Å². The molecule has 2 saturated carbocycles. The molecule has 0 aliphatic heterocycles. The quantitative estimate of drug-likeness (QED) is 0.170. The van der Waals surface area contributed by atoms with Crippen LogP contribution in [0.3, 0.4) is 0 Å². The molecule has 0 saturated heterocycles. The molecule has 0 bridgehead atoms. The fourth-order valence-electron chi connectivity index (χ4n) is 3.56. The second-order valence-corrected chi connectivity index (χ2v) is 7.61. The summed E-state index contributed by atoms with van der Waals surface area (Å²) < 4.78 is 0. The first-order chi connectivity index (χ1) is 13.5. The van der Waals surface area contributed by atoms with Crippen LogP contribution >= 0.6 is 24.0 Å². The monoisotopic (exact) mass is 515 g/mol. The number of guanidine groups is 1. The zero-order valence-corrected chi connectivity index (χ0v) is 19.1. The number of carbonyl (C=O) groups is 1. The number of carbonyl (C=O) groups excluding carboxylic acids is 1. The predicted octanol–water partition coefficient (Wildman–Crippen LogP) is 3.11. The molecule has 0 heterocycles. The Labute approximate surface area is 188 Å². The first-order valence-corrected chi connectivity index (χ1v) is 10.1. The number of amides is 1. The summed E-state index contributed by atoms with van der Waals surface area (Å²) in [5.74, 6) is 0.932. The van der Waals surface area contributed by atoms with Crippen molar-refractivity contribution in [2.45, 2.75) is 64.1 Å². The van der Waals surface area contributed by atoms with Crippen molar-refractivity contribution in [1.82, 2.24) is 16.0 Å². The van der Waals surface area contributed by atoms with E-state index in [9.17, 15) is 14.9 Å². The summed E-state index contributed by atoms with van der Waals surface area (Å²) in [6.07, 6.45) is 5.99. The third-order valence-corrected chi connectivity index (χ3v) is 5.19. The number of hydrogen-bond acceptors (Lipinski definition) is 4. The first kappa shape index (κ1) is 23.4. The summed E-state index contributed by atoms with van der Waals surface area (Å²) in [5, 5.41) is 20.7. The first-order valence-electron chi connectivity index (χ1n) is 10.1. The van der Waals surface area contributed by atoms with Gasteiger partial charge in [0.1, 0.15) is 0 Å². The molecule has 0 aromatic heterocycles. The topological polar surface area (TPSA) is 109 Å². The van der Waals surface area contributed by atoms with Crippen LogP contribution in [-0.4, -0.2) is 35.4 Å². The minimum atomic E-state index is -0.397. The number of benzene rings is 1. The van der Waals surface area contributed by atoms with E-state index in [-0.39, 0.29) is 47.5 Å². The Balaban J connectivity index is 0.00000300. The number of nitrogens with zero attached hydrogens (tertiary/aromatic N) is 2. The Kier molecular flexibility index (Phi) is 9.12. The summed E-state index contributed by atoms with van der Waals surface area (Å²) in [5.41, 5.74) is 0.860. The summed E-state index contributed by atoms with van der Waals surface area (Å²) in [4.78, 5) is 27.5. The molecular weight excluding hydrogens is 485 g/mol. The highest BCUT2D eigenvalue weighted by atomic mass is 127. The summed E-state index contributed by atoms with van der Waals surface area (Å²) >= 11 is 0. The lowest BCUT2D eigenvalue weighted by molar-refractivity contribution is -0.384. The number of nitrogens with one attached hydrogen (secondary N) is 3. The van der Waals surface area contributed by atoms with E-state index in [1.165, 1.54) is 6.07 Å². The van der Waals surface area contributed by atoms with Gasteiger partial charge in [0.15, 0.2) is 5.96 Å². The van der Waals surface area contributed by atoms with Crippen molar-refractivity contribution in [1.29, 1.82) is 0 Å². The molecule has 8 nitrogen and oxygen atoms in total. The Morgan fingerprint density at radius 3 is 2.69 bits per heavy atom. The molecule has 160 valence electrons. The highest BCUT2D eigenvalue weighted by Crippen LogP contribution is 2.26. The molecule has 1 aromatic carbocycles. The molecule has 29 heavy (non-hydrogen) atoms. The largest absolute Gasteiger partial charge is 0.357 e. The maximum absolute atomic E-state index is 12.4. The zero-order valence-electron chi connectivity index (χ0n) is 16.7. The van der Waals surface area contributed by atoms with Gasteiger partial charge in [0, 0.05) is 36.7 Å². The van der Waals surface area contributed by atoms with Crippen LogP contribution in [0.4, 0.5) is 5.69 Å². The average molecular weight is 515 g/mol. The lowest BCUT2D eigenvalue weighted by atomic mass is 9.85. The molecule has 2 atom stereocenters. The average Bonchev–Trinajstić information content (AvgIpc) is 3.51. The molecule has 3 N–H and O–H groups in total. The minimum Gasteiger partial charge on any atom is -0.357 e. The molecule has 2 fully saturated rings. The molecule has 2 aliphatic rings. The second-order valence-electron chi connectivity index (χ2n) is 7.61. The van der Waals surface area contributed by atoms with Gasteiger partial charge in [0.25, 0.3) is 5.69 Å². The van der Waals surface area contributed by atoms with Gasteiger partial charge in [-0.1, -0.05) is 18.6 Å². The number of nitro groups is 1. The zero-order chi connectivity index (χ0) is 19.9. The number of aliphatic imine (C=N–C) groups is 1. The van der Waals surface area contributed by atoms with Crippen molar-refractivity contribution in [2.24, 2.45) is 10.9 Å². The number of nitro benzene ring substituents is 1. The summed E-state index contributed by atoms with van der Waals surface area (Å²) in [6, 6.07) is 7.13. The van der Waals surface area contributed by atoms with Crippen LogP contribution in [0.25, 0.3) is 0 Å². The van der Waals surface area contributed by atoms with Gasteiger partial charge in [-0.2, -0.15) is 0 Å². The van der Waals surface area contributed by atoms with Gasteiger partial charge < -0.3 is 16.0 Å². The summed E-state index contributed by atoms with van der Waals surface area (Å²) in [7, 11) is 0. The van der Waals surface area contributed by atoms with Crippen LogP contribution in [-0.2, 0) is 11.3 Å². The molecule has 1 aromatic rings. The van der Waals surface area contributed by atoms with Gasteiger partial charge in [0.2, 0.25) is 5.91 Å². The molecule has 2 unspecified atom stereocenters. The minimum absolute atomic E-state index is 0. The van der Waals surface area contributed by atoms with Crippen molar-refractivity contribution < 1.29 is 9.72 Å². The van der Waals surface area contributed by atoms with Crippen LogP contribution in [0.5, 0.6) is 0 Å². The third kappa shape index (κ3) is 7.45. The maximum atomic E-state index is 12.4. The highest BCUT2D eigenvalue weighted by molar-refractivity contribution is 14.0. The van der Waals surface area contributed by atoms with Crippen molar-refractivity contribution in [3.8, 4) is 0 Å². The van der Waals surface area contributed by atoms with E-state index in [2.05, 4.69) is 20.9 Å². The normalized spacial score (nSPS) is 21.6. The SMILES string of the molecule is CCNC(=NCc1cccc([N+](=O)[O-])c1)NC1CCCC(C(=O)NC2CC2)C1.I. The van der Waals surface area contributed by atoms with Crippen LogP contribution in [0.15, 0.2) is 29.3 Å². The lowest BCUT2D eigenvalue weighted by Crippen LogP contribution is -2.47. The van der Waals surface area contributed by atoms with Crippen molar-refractivity contribution >= 4 is 41.5 Å². The highest BCUT2D eigenvalue weighted by Gasteiger charge is 2.31. The van der Waals surface area contributed by atoms with E-state index < -0.39 is 4.92 Å². The van der Waals surface area contributed by atoms with Crippen LogP contribution < -0.4 is 16.0 Å². The molecular formula is C20H30IN5O3. The number of hydrogen-bond donors (Lipinski definition) is 3. The van der Waals surface area contributed by atoms with Crippen molar-refractivity contribution in [3.63, 3.8) is 0 Å². The van der Waals surface area contributed by atoms with Gasteiger partial charge in [-0.25, -0.2) is 4.99 Å². The van der Waals surface area contributed by atoms with E-state index in [0.29, 0.717) is 18.5 Å². The van der Waals surface area contributed by atoms with Crippen molar-refractivity contribution in [3.05, 3.63) is 39.9 Å². The van der Waals surface area contributed by atoms with E-state index in [4.69, 9.17) is 0 Å². The Hall–Kier alpha value is -1.91. The summed E-state index contributed by atoms with van der Waals surface area (Å²) in [6.45, 7) is 3.08. The van der Waals surface area contributed by atoms with Gasteiger partial charge in [-0.05, 0) is 44.6 Å². The Bertz CT molecular complexity index is 739. The Morgan fingerprint density at radius 1 is 1.21 bits per heavy atom. The molecule has 3 rings (SSSR count). The second kappa shape index (κ2) is 11.3. The van der Waals surface area contributed by atoms with Gasteiger partial charge in [-0.3, -0.25) is 14.9 Å². The molecule has 9 heteroatoms. The Morgan fingerprint density at radius 2 is 2.00 bits per heavy atom. The smallest absolute Gasteiger partial charge is 0.269 e. The van der Waals surface area contributed by atoms with Gasteiger partial charge in [-0.15, -0.1) is 24.0 Å². The number of halogens is 1. The van der Waals surface area contributed by atoms with Gasteiger partial charge in [0.05, 0.1) is 11.5 Å². The van der Waals surface area contributed by atoms with Gasteiger partial charge >= 0.3 is 0 Å². The van der Waals surface area contributed by atoms with Crippen LogP contribution in [0.2, 0.25) is 0 Å². The number of non-ortho nitro benzene ring substituents is 1. The maximum Gasteiger partial charge on any atom is 0.269 e. The van der Waals surface area contributed by atoms with E-state index in [1.54, 1.807) is 12.1 Å². The predicted molar refractivity (Wildman–Crippen MR) is 123 cm³/mol. The van der Waals surface area contributed by atoms with E-state index >= 15 is 0 Å². The van der Waals surface area contributed by atoms with Crippen molar-refractivity contribution in [2.75, 3.05) is 6.54 Å². The molecule has 0 radical (unpaired) electrons. The fourth-order valence-corrected chi connectivity index (χ4v) is 3.56. The van der Waals surface area contributed by atoms with Crippen LogP contribution in [0, 0.1) is 16.0 Å². The molecule has 2 aliphatic carbocycles.